The van der Waals surface area contributed by atoms with Crippen molar-refractivity contribution < 1.29 is 23.7 Å². The maximum absolute atomic E-state index is 11.5. The molecular formula is C24H26O5. The first-order valence-electron chi connectivity index (χ1n) is 9.85. The minimum Gasteiger partial charge on any atom is -0.456 e. The van der Waals surface area contributed by atoms with Crippen LogP contribution in [0.5, 0.6) is 0 Å². The largest absolute Gasteiger partial charge is 0.456 e. The summed E-state index contributed by atoms with van der Waals surface area (Å²) in [7, 11) is 0. The van der Waals surface area contributed by atoms with Gasteiger partial charge in [0.2, 0.25) is 0 Å². The summed E-state index contributed by atoms with van der Waals surface area (Å²) in [4.78, 5) is 11.5. The van der Waals surface area contributed by atoms with Gasteiger partial charge in [0, 0.05) is 12.3 Å². The summed E-state index contributed by atoms with van der Waals surface area (Å²) < 4.78 is 22.8. The van der Waals surface area contributed by atoms with Crippen molar-refractivity contribution in [3.8, 4) is 11.8 Å². The lowest BCUT2D eigenvalue weighted by atomic mass is 10.1. The molecule has 0 spiro atoms. The molecular weight excluding hydrogens is 368 g/mol. The van der Waals surface area contributed by atoms with Crippen molar-refractivity contribution in [2.45, 2.75) is 44.9 Å². The third-order valence-electron chi connectivity index (χ3n) is 4.51. The molecule has 5 heteroatoms. The predicted octanol–water partition coefficient (Wildman–Crippen LogP) is 3.51. The molecule has 0 aromatic heterocycles. The lowest BCUT2D eigenvalue weighted by molar-refractivity contribution is -0.136. The van der Waals surface area contributed by atoms with E-state index in [1.807, 2.05) is 60.7 Å². The normalized spacial score (nSPS) is 20.7. The van der Waals surface area contributed by atoms with E-state index < -0.39 is 5.97 Å². The molecule has 0 amide bonds. The Hall–Kier alpha value is -2.65. The highest BCUT2D eigenvalue weighted by Gasteiger charge is 2.35. The van der Waals surface area contributed by atoms with Gasteiger partial charge >= 0.3 is 5.97 Å². The van der Waals surface area contributed by atoms with Gasteiger partial charge in [-0.2, -0.15) is 0 Å². The Morgan fingerprint density at radius 2 is 1.69 bits per heavy atom. The zero-order chi connectivity index (χ0) is 20.3. The van der Waals surface area contributed by atoms with Gasteiger partial charge in [-0.25, -0.2) is 4.79 Å². The van der Waals surface area contributed by atoms with E-state index in [1.54, 1.807) is 6.92 Å². The van der Waals surface area contributed by atoms with Crippen LogP contribution in [0.15, 0.2) is 60.7 Å². The van der Waals surface area contributed by atoms with Crippen LogP contribution in [0, 0.1) is 11.8 Å². The molecule has 29 heavy (non-hydrogen) atoms. The number of rotatable bonds is 8. The fraction of sp³-hybridized carbons (Fsp3) is 0.375. The minimum absolute atomic E-state index is 0.160. The second-order valence-corrected chi connectivity index (χ2v) is 6.72. The van der Waals surface area contributed by atoms with E-state index in [1.165, 1.54) is 0 Å². The zero-order valence-electron chi connectivity index (χ0n) is 16.6. The van der Waals surface area contributed by atoms with Gasteiger partial charge in [-0.05, 0) is 18.1 Å². The molecule has 3 rings (SSSR count). The van der Waals surface area contributed by atoms with Crippen molar-refractivity contribution in [2.75, 3.05) is 13.2 Å². The van der Waals surface area contributed by atoms with Gasteiger partial charge in [0.15, 0.2) is 0 Å². The molecule has 2 aromatic carbocycles. The minimum atomic E-state index is -0.540. The van der Waals surface area contributed by atoms with Gasteiger partial charge < -0.3 is 18.9 Å². The predicted molar refractivity (Wildman–Crippen MR) is 109 cm³/mol. The Bertz CT molecular complexity index is 809. The van der Waals surface area contributed by atoms with Crippen molar-refractivity contribution in [1.82, 2.24) is 0 Å². The van der Waals surface area contributed by atoms with E-state index in [0.29, 0.717) is 32.8 Å². The summed E-state index contributed by atoms with van der Waals surface area (Å²) in [5.74, 6) is 4.80. The molecule has 1 aliphatic rings. The van der Waals surface area contributed by atoms with Gasteiger partial charge in [-0.15, -0.1) is 0 Å². The highest BCUT2D eigenvalue weighted by molar-refractivity contribution is 5.88. The molecule has 0 aliphatic carbocycles. The van der Waals surface area contributed by atoms with Crippen molar-refractivity contribution in [2.24, 2.45) is 0 Å². The number of esters is 1. The van der Waals surface area contributed by atoms with E-state index in [9.17, 15) is 4.79 Å². The molecule has 0 saturated carbocycles. The lowest BCUT2D eigenvalue weighted by Crippen LogP contribution is -2.29. The van der Waals surface area contributed by atoms with Crippen LogP contribution < -0.4 is 0 Å². The molecule has 0 unspecified atom stereocenters. The number of carbonyl (C=O) groups excluding carboxylic acids is 1. The van der Waals surface area contributed by atoms with Crippen LogP contribution >= 0.6 is 0 Å². The topological polar surface area (TPSA) is 54.0 Å². The Morgan fingerprint density at radius 1 is 1.03 bits per heavy atom. The Kier molecular flexibility index (Phi) is 8.26. The van der Waals surface area contributed by atoms with Crippen LogP contribution in [-0.4, -0.2) is 37.5 Å². The maximum atomic E-state index is 11.5. The molecule has 1 heterocycles. The molecule has 3 atom stereocenters. The molecule has 5 nitrogen and oxygen atoms in total. The molecule has 1 saturated heterocycles. The van der Waals surface area contributed by atoms with Crippen molar-refractivity contribution in [3.63, 3.8) is 0 Å². The number of carbonyl (C=O) groups is 1. The molecule has 0 radical (unpaired) electrons. The second kappa shape index (κ2) is 11.4. The van der Waals surface area contributed by atoms with Gasteiger partial charge in [0.1, 0.15) is 12.2 Å². The first-order valence-corrected chi connectivity index (χ1v) is 9.85. The van der Waals surface area contributed by atoms with Crippen LogP contribution in [0.3, 0.4) is 0 Å². The third-order valence-corrected chi connectivity index (χ3v) is 4.51. The van der Waals surface area contributed by atoms with Gasteiger partial charge in [0.25, 0.3) is 0 Å². The quantitative estimate of drug-likeness (QED) is 0.390. The van der Waals surface area contributed by atoms with E-state index in [4.69, 9.17) is 18.9 Å². The van der Waals surface area contributed by atoms with E-state index >= 15 is 0 Å². The SMILES string of the molecule is CCOC(=O)C#C[C@@H]1C[C@H](OCc2ccccc2)[C@@H](COCc2ccccc2)O1. The van der Waals surface area contributed by atoms with E-state index in [-0.39, 0.29) is 18.3 Å². The summed E-state index contributed by atoms with van der Waals surface area (Å²) >= 11 is 0. The van der Waals surface area contributed by atoms with E-state index in [2.05, 4.69) is 11.8 Å². The summed E-state index contributed by atoms with van der Waals surface area (Å²) in [5.41, 5.74) is 2.20. The standard InChI is InChI=1S/C24H26O5/c1-2-27-24(25)14-13-21-15-22(28-17-20-11-7-4-8-12-20)23(29-21)18-26-16-19-9-5-3-6-10-19/h3-12,21-23H,2,15-18H2,1H3/t21-,22+,23-/m1/s1. The maximum Gasteiger partial charge on any atom is 0.384 e. The molecule has 152 valence electrons. The second-order valence-electron chi connectivity index (χ2n) is 6.72. The van der Waals surface area contributed by atoms with Crippen LogP contribution in [0.2, 0.25) is 0 Å². The molecule has 0 bridgehead atoms. The number of hydrogen-bond donors (Lipinski definition) is 0. The van der Waals surface area contributed by atoms with Crippen molar-refractivity contribution in [1.29, 1.82) is 0 Å². The highest BCUT2D eigenvalue weighted by Crippen LogP contribution is 2.25. The Morgan fingerprint density at radius 3 is 2.34 bits per heavy atom. The molecule has 1 fully saturated rings. The van der Waals surface area contributed by atoms with Crippen molar-refractivity contribution in [3.05, 3.63) is 71.8 Å². The summed E-state index contributed by atoms with van der Waals surface area (Å²) in [5, 5.41) is 0. The van der Waals surface area contributed by atoms with Crippen LogP contribution in [0.1, 0.15) is 24.5 Å². The fourth-order valence-corrected chi connectivity index (χ4v) is 3.08. The number of benzene rings is 2. The first-order chi connectivity index (χ1) is 14.2. The van der Waals surface area contributed by atoms with Gasteiger partial charge in [0.05, 0.1) is 32.5 Å². The number of ether oxygens (including phenoxy) is 4. The van der Waals surface area contributed by atoms with Crippen LogP contribution in [0.4, 0.5) is 0 Å². The average Bonchev–Trinajstić information content (AvgIpc) is 3.14. The van der Waals surface area contributed by atoms with Gasteiger partial charge in [-0.3, -0.25) is 0 Å². The summed E-state index contributed by atoms with van der Waals surface area (Å²) in [6.45, 7) is 3.44. The van der Waals surface area contributed by atoms with Gasteiger partial charge in [-0.1, -0.05) is 66.6 Å². The van der Waals surface area contributed by atoms with Crippen molar-refractivity contribution >= 4 is 5.97 Å². The summed E-state index contributed by atoms with van der Waals surface area (Å²) in [6, 6.07) is 20.0. The lowest BCUT2D eigenvalue weighted by Gasteiger charge is -2.19. The zero-order valence-corrected chi connectivity index (χ0v) is 16.6. The molecule has 2 aromatic rings. The monoisotopic (exact) mass is 394 g/mol. The van der Waals surface area contributed by atoms with Crippen LogP contribution in [0.25, 0.3) is 0 Å². The highest BCUT2D eigenvalue weighted by atomic mass is 16.6. The molecule has 1 aliphatic heterocycles. The Labute approximate surface area is 171 Å². The third kappa shape index (κ3) is 7.03. The fourth-order valence-electron chi connectivity index (χ4n) is 3.08. The Balaban J connectivity index is 1.57. The average molecular weight is 394 g/mol. The summed E-state index contributed by atoms with van der Waals surface area (Å²) in [6.07, 6.45) is -0.208. The smallest absolute Gasteiger partial charge is 0.384 e. The number of hydrogen-bond acceptors (Lipinski definition) is 5. The van der Waals surface area contributed by atoms with E-state index in [0.717, 1.165) is 11.1 Å². The van der Waals surface area contributed by atoms with Crippen LogP contribution in [-0.2, 0) is 37.0 Å². The molecule has 0 N–H and O–H groups in total. The first kappa shape index (κ1) is 21.1.